The van der Waals surface area contributed by atoms with E-state index in [1.807, 2.05) is 5.32 Å². The largest absolute Gasteiger partial charge is 0.467 e. The molecule has 10 nitrogen and oxygen atoms in total. The minimum Gasteiger partial charge on any atom is -0.467 e. The highest BCUT2D eigenvalue weighted by Gasteiger charge is 2.51. The van der Waals surface area contributed by atoms with Gasteiger partial charge in [-0.25, -0.2) is 9.59 Å². The van der Waals surface area contributed by atoms with Crippen LogP contribution in [0.1, 0.15) is 38.4 Å². The van der Waals surface area contributed by atoms with Gasteiger partial charge in [0, 0.05) is 0 Å². The number of carbonyl (C=O) groups is 5. The lowest BCUT2D eigenvalue weighted by atomic mass is 9.81. The van der Waals surface area contributed by atoms with E-state index in [0.29, 0.717) is 18.6 Å². The Morgan fingerprint density at radius 3 is 2.45 bits per heavy atom. The molecule has 0 spiro atoms. The van der Waals surface area contributed by atoms with Gasteiger partial charge in [0.25, 0.3) is 5.91 Å². The zero-order valence-corrected chi connectivity index (χ0v) is 16.0. The fraction of sp³-hybridized carbons (Fsp3) is 0.526. The number of hydrogen-bond donors (Lipinski definition) is 2. The second-order valence-corrected chi connectivity index (χ2v) is 7.14. The molecule has 1 aliphatic carbocycles. The van der Waals surface area contributed by atoms with Crippen LogP contribution in [0.15, 0.2) is 22.8 Å². The van der Waals surface area contributed by atoms with Crippen LogP contribution in [0, 0.1) is 11.8 Å². The summed E-state index contributed by atoms with van der Waals surface area (Å²) in [7, 11) is 0. The summed E-state index contributed by atoms with van der Waals surface area (Å²) >= 11 is 0. The number of nitrogens with zero attached hydrogens (tertiary/aromatic N) is 1. The predicted octanol–water partition coefficient (Wildman–Crippen LogP) is 0.712. The number of carbonyl (C=O) groups excluding carboxylic acids is 5. The summed E-state index contributed by atoms with van der Waals surface area (Å²) in [5.41, 5.74) is 0. The van der Waals surface area contributed by atoms with Crippen molar-refractivity contribution in [1.29, 1.82) is 0 Å². The number of ether oxygens (including phenoxy) is 1. The molecule has 5 amide bonds. The van der Waals surface area contributed by atoms with Crippen LogP contribution in [0.25, 0.3) is 0 Å². The number of amides is 5. The fourth-order valence-corrected chi connectivity index (χ4v) is 3.72. The Balaban J connectivity index is 1.44. The van der Waals surface area contributed by atoms with Gasteiger partial charge in [0.05, 0.1) is 24.6 Å². The first kappa shape index (κ1) is 20.6. The maximum absolute atomic E-state index is 12.5. The number of hydrogen-bond acceptors (Lipinski definition) is 7. The number of fused-ring (bicyclic) bond motifs is 1. The molecule has 1 aromatic heterocycles. The number of furan rings is 1. The van der Waals surface area contributed by atoms with Gasteiger partial charge in [-0.15, -0.1) is 0 Å². The second-order valence-electron chi connectivity index (χ2n) is 7.14. The highest BCUT2D eigenvalue weighted by atomic mass is 16.5. The smallest absolute Gasteiger partial charge is 0.329 e. The minimum atomic E-state index is -1.12. The van der Waals surface area contributed by atoms with E-state index in [0.717, 1.165) is 17.7 Å². The van der Waals surface area contributed by atoms with Crippen molar-refractivity contribution in [1.82, 2.24) is 15.5 Å². The molecule has 1 aliphatic heterocycles. The number of likely N-dealkylation sites (tertiary alicyclic amines) is 1. The van der Waals surface area contributed by atoms with Gasteiger partial charge >= 0.3 is 12.0 Å². The van der Waals surface area contributed by atoms with Crippen LogP contribution < -0.4 is 10.6 Å². The van der Waals surface area contributed by atoms with Crippen LogP contribution >= 0.6 is 0 Å². The SMILES string of the molecule is C[C@@H](C(=O)OCC(=O)NC(=O)NCc1ccco1)N1C(=O)[C@H]2CCCC[C@@H]2C1=O. The maximum atomic E-state index is 12.5. The topological polar surface area (TPSA) is 135 Å². The summed E-state index contributed by atoms with van der Waals surface area (Å²) in [4.78, 5) is 61.6. The molecule has 2 fully saturated rings. The van der Waals surface area contributed by atoms with E-state index in [1.54, 1.807) is 12.1 Å². The zero-order chi connectivity index (χ0) is 21.0. The van der Waals surface area contributed by atoms with Gasteiger partial charge in [-0.05, 0) is 31.9 Å². The lowest BCUT2D eigenvalue weighted by molar-refractivity contribution is -0.159. The van der Waals surface area contributed by atoms with Gasteiger partial charge < -0.3 is 14.5 Å². The van der Waals surface area contributed by atoms with Crippen LogP contribution in [0.2, 0.25) is 0 Å². The molecular formula is C19H23N3O7. The fourth-order valence-electron chi connectivity index (χ4n) is 3.72. The monoisotopic (exact) mass is 405 g/mol. The third-order valence-corrected chi connectivity index (χ3v) is 5.21. The molecular weight excluding hydrogens is 382 g/mol. The van der Waals surface area contributed by atoms with Gasteiger partial charge in [0.2, 0.25) is 11.8 Å². The quantitative estimate of drug-likeness (QED) is 0.526. The van der Waals surface area contributed by atoms with Gasteiger partial charge in [0.15, 0.2) is 6.61 Å². The molecule has 1 saturated heterocycles. The molecule has 0 radical (unpaired) electrons. The van der Waals surface area contributed by atoms with Crippen LogP contribution in [0.4, 0.5) is 4.79 Å². The molecule has 2 N–H and O–H groups in total. The number of nitrogens with one attached hydrogen (secondary N) is 2. The van der Waals surface area contributed by atoms with Crippen LogP contribution in [0.5, 0.6) is 0 Å². The standard InChI is InChI=1S/C19H23N3O7/c1-11(22-16(24)13-6-2-3-7-14(13)17(22)25)18(26)29-10-15(23)21-19(27)20-9-12-5-4-8-28-12/h4-5,8,11,13-14H,2-3,6-7,9-10H2,1H3,(H2,20,21,23,27)/t11-,13-,14-/m0/s1. The predicted molar refractivity (Wildman–Crippen MR) is 96.8 cm³/mol. The van der Waals surface area contributed by atoms with Crippen LogP contribution in [0.3, 0.4) is 0 Å². The summed E-state index contributed by atoms with van der Waals surface area (Å²) in [5, 5.41) is 4.42. The minimum absolute atomic E-state index is 0.0877. The van der Waals surface area contributed by atoms with Gasteiger partial charge in [-0.3, -0.25) is 24.6 Å². The van der Waals surface area contributed by atoms with E-state index in [1.165, 1.54) is 13.2 Å². The van der Waals surface area contributed by atoms with E-state index in [-0.39, 0.29) is 30.2 Å². The molecule has 10 heteroatoms. The molecule has 2 heterocycles. The summed E-state index contributed by atoms with van der Waals surface area (Å²) in [6.45, 7) is 0.772. The van der Waals surface area contributed by atoms with Gasteiger partial charge in [-0.1, -0.05) is 12.8 Å². The third-order valence-electron chi connectivity index (χ3n) is 5.21. The van der Waals surface area contributed by atoms with Crippen molar-refractivity contribution in [3.8, 4) is 0 Å². The molecule has 3 atom stereocenters. The van der Waals surface area contributed by atoms with Crippen molar-refractivity contribution in [2.24, 2.45) is 11.8 Å². The number of imide groups is 2. The lowest BCUT2D eigenvalue weighted by Crippen LogP contribution is -2.46. The van der Waals surface area contributed by atoms with Crippen molar-refractivity contribution in [2.75, 3.05) is 6.61 Å². The molecule has 1 saturated carbocycles. The molecule has 0 aromatic carbocycles. The Hall–Kier alpha value is -3.17. The normalized spacial score (nSPS) is 22.0. The molecule has 1 aromatic rings. The second kappa shape index (κ2) is 8.89. The highest BCUT2D eigenvalue weighted by molar-refractivity contribution is 6.08. The first-order valence-electron chi connectivity index (χ1n) is 9.52. The van der Waals surface area contributed by atoms with E-state index < -0.39 is 30.6 Å². The Bertz CT molecular complexity index is 781. The Morgan fingerprint density at radius 2 is 1.86 bits per heavy atom. The van der Waals surface area contributed by atoms with Crippen LogP contribution in [-0.4, -0.2) is 47.3 Å². The van der Waals surface area contributed by atoms with E-state index >= 15 is 0 Å². The van der Waals surface area contributed by atoms with Crippen molar-refractivity contribution in [3.05, 3.63) is 24.2 Å². The average Bonchev–Trinajstić information content (AvgIpc) is 3.31. The Labute approximate surface area is 166 Å². The molecule has 0 bridgehead atoms. The molecule has 29 heavy (non-hydrogen) atoms. The van der Waals surface area contributed by atoms with Crippen molar-refractivity contribution < 1.29 is 33.1 Å². The van der Waals surface area contributed by atoms with Crippen molar-refractivity contribution in [2.45, 2.75) is 45.2 Å². The summed E-state index contributed by atoms with van der Waals surface area (Å²) in [5.74, 6) is -2.66. The van der Waals surface area contributed by atoms with Crippen molar-refractivity contribution >= 4 is 29.7 Å². The molecule has 3 rings (SSSR count). The molecule has 156 valence electrons. The zero-order valence-electron chi connectivity index (χ0n) is 16.0. The third kappa shape index (κ3) is 4.64. The first-order chi connectivity index (χ1) is 13.9. The molecule has 2 aliphatic rings. The Morgan fingerprint density at radius 1 is 1.21 bits per heavy atom. The average molecular weight is 405 g/mol. The van der Waals surface area contributed by atoms with E-state index in [2.05, 4.69) is 5.32 Å². The highest BCUT2D eigenvalue weighted by Crippen LogP contribution is 2.38. The number of rotatable bonds is 6. The van der Waals surface area contributed by atoms with Gasteiger partial charge in [-0.2, -0.15) is 0 Å². The van der Waals surface area contributed by atoms with Crippen LogP contribution in [-0.2, 0) is 30.5 Å². The van der Waals surface area contributed by atoms with Gasteiger partial charge in [0.1, 0.15) is 11.8 Å². The summed E-state index contributed by atoms with van der Waals surface area (Å²) < 4.78 is 9.92. The lowest BCUT2D eigenvalue weighted by Gasteiger charge is -2.21. The first-order valence-corrected chi connectivity index (χ1v) is 9.52. The van der Waals surface area contributed by atoms with E-state index in [9.17, 15) is 24.0 Å². The number of esters is 1. The van der Waals surface area contributed by atoms with Crippen molar-refractivity contribution in [3.63, 3.8) is 0 Å². The summed E-state index contributed by atoms with van der Waals surface area (Å²) in [6, 6.07) is 1.42. The summed E-state index contributed by atoms with van der Waals surface area (Å²) in [6.07, 6.45) is 4.50. The van der Waals surface area contributed by atoms with E-state index in [4.69, 9.17) is 9.15 Å². The Kier molecular flexibility index (Phi) is 6.30. The number of urea groups is 1. The molecule has 0 unspecified atom stereocenters. The maximum Gasteiger partial charge on any atom is 0.329 e.